The molecule has 0 radical (unpaired) electrons. The minimum Gasteiger partial charge on any atom is -0.352 e. The van der Waals surface area contributed by atoms with Crippen LogP contribution in [-0.4, -0.2) is 37.8 Å². The number of piperidine rings is 1. The van der Waals surface area contributed by atoms with Crippen molar-refractivity contribution in [2.24, 2.45) is 0 Å². The van der Waals surface area contributed by atoms with Gasteiger partial charge in [-0.2, -0.15) is 30.6 Å². The molecular formula is C20H20F6N2O3S2. The highest BCUT2D eigenvalue weighted by Gasteiger charge is 2.38. The molecule has 3 rings (SSSR count). The van der Waals surface area contributed by atoms with Crippen LogP contribution in [0.4, 0.5) is 26.3 Å². The maximum Gasteiger partial charge on any atom is 0.416 e. The Morgan fingerprint density at radius 1 is 1.06 bits per heavy atom. The largest absolute Gasteiger partial charge is 0.416 e. The number of carbonyl (C=O) groups is 1. The van der Waals surface area contributed by atoms with Crippen molar-refractivity contribution < 1.29 is 39.6 Å². The van der Waals surface area contributed by atoms with E-state index in [4.69, 9.17) is 0 Å². The summed E-state index contributed by atoms with van der Waals surface area (Å²) < 4.78 is 105. The summed E-state index contributed by atoms with van der Waals surface area (Å²) >= 11 is 1.07. The maximum atomic E-state index is 13.0. The predicted molar refractivity (Wildman–Crippen MR) is 109 cm³/mol. The Morgan fingerprint density at radius 2 is 1.70 bits per heavy atom. The lowest BCUT2D eigenvalue weighted by molar-refractivity contribution is -0.143. The van der Waals surface area contributed by atoms with Gasteiger partial charge in [0.2, 0.25) is 0 Å². The van der Waals surface area contributed by atoms with Gasteiger partial charge >= 0.3 is 12.4 Å². The molecule has 13 heteroatoms. The quantitative estimate of drug-likeness (QED) is 0.543. The third-order valence-electron chi connectivity index (χ3n) is 5.24. The molecule has 0 aliphatic carbocycles. The molecule has 1 aliphatic rings. The minimum absolute atomic E-state index is 0.0495. The first-order valence-corrected chi connectivity index (χ1v) is 12.2. The smallest absolute Gasteiger partial charge is 0.352 e. The molecule has 2 aromatic rings. The van der Waals surface area contributed by atoms with Gasteiger partial charge in [0.05, 0.1) is 11.1 Å². The molecule has 2 heterocycles. The Bertz CT molecular complexity index is 1050. The average Bonchev–Trinajstić information content (AvgIpc) is 3.28. The number of hydrogen-bond donors (Lipinski definition) is 1. The average molecular weight is 515 g/mol. The molecule has 1 aromatic heterocycles. The third kappa shape index (κ3) is 6.07. The van der Waals surface area contributed by atoms with Crippen molar-refractivity contribution in [3.63, 3.8) is 0 Å². The zero-order chi connectivity index (χ0) is 24.4. The lowest BCUT2D eigenvalue weighted by atomic mass is 10.0. The fourth-order valence-corrected chi connectivity index (χ4v) is 6.49. The van der Waals surface area contributed by atoms with Crippen molar-refractivity contribution in [3.8, 4) is 0 Å². The second-order valence-corrected chi connectivity index (χ2v) is 10.6. The van der Waals surface area contributed by atoms with Crippen LogP contribution in [0.25, 0.3) is 0 Å². The summed E-state index contributed by atoms with van der Waals surface area (Å²) in [4.78, 5) is 12.3. The number of thiophene rings is 1. The summed E-state index contributed by atoms with van der Waals surface area (Å²) in [5.41, 5.74) is -3.94. The Hall–Kier alpha value is -2.12. The topological polar surface area (TPSA) is 66.5 Å². The summed E-state index contributed by atoms with van der Waals surface area (Å²) in [5, 5.41) is 3.95. The van der Waals surface area contributed by atoms with E-state index in [9.17, 15) is 39.6 Å². The van der Waals surface area contributed by atoms with E-state index in [0.717, 1.165) is 17.8 Å². The number of rotatable bonds is 6. The second-order valence-electron chi connectivity index (χ2n) is 7.54. The molecule has 1 aromatic carbocycles. The van der Waals surface area contributed by atoms with Crippen LogP contribution in [-0.2, 0) is 22.4 Å². The van der Waals surface area contributed by atoms with Gasteiger partial charge in [-0.3, -0.25) is 4.79 Å². The number of carbonyl (C=O) groups excluding carboxylic acids is 1. The van der Waals surface area contributed by atoms with E-state index < -0.39 is 51.0 Å². The van der Waals surface area contributed by atoms with Gasteiger partial charge in [-0.05, 0) is 48.9 Å². The van der Waals surface area contributed by atoms with Crippen LogP contribution in [0.5, 0.6) is 0 Å². The van der Waals surface area contributed by atoms with E-state index in [1.807, 2.05) is 0 Å². The third-order valence-corrected chi connectivity index (χ3v) is 8.57. The molecule has 1 aliphatic heterocycles. The molecule has 1 N–H and O–H groups in total. The Labute approximate surface area is 190 Å². The first kappa shape index (κ1) is 25.5. The number of nitrogens with zero attached hydrogens (tertiary/aromatic N) is 1. The van der Waals surface area contributed by atoms with Gasteiger partial charge in [-0.1, -0.05) is 12.5 Å². The van der Waals surface area contributed by atoms with Crippen LogP contribution in [0.3, 0.4) is 0 Å². The highest BCUT2D eigenvalue weighted by Crippen LogP contribution is 2.36. The summed E-state index contributed by atoms with van der Waals surface area (Å²) in [5.74, 6) is -1.10. The van der Waals surface area contributed by atoms with E-state index in [-0.39, 0.29) is 23.2 Å². The van der Waals surface area contributed by atoms with E-state index in [1.165, 1.54) is 10.4 Å². The zero-order valence-corrected chi connectivity index (χ0v) is 18.7. The molecule has 1 fully saturated rings. The zero-order valence-electron chi connectivity index (χ0n) is 17.0. The van der Waals surface area contributed by atoms with Crippen LogP contribution < -0.4 is 5.32 Å². The molecule has 0 bridgehead atoms. The maximum absolute atomic E-state index is 13.0. The normalized spacial score (nSPS) is 18.3. The fourth-order valence-electron chi connectivity index (χ4n) is 3.65. The molecule has 0 saturated carbocycles. The summed E-state index contributed by atoms with van der Waals surface area (Å²) in [7, 11) is -3.73. The van der Waals surface area contributed by atoms with Gasteiger partial charge < -0.3 is 5.32 Å². The standard InChI is InChI=1S/C20H20F6N2O3S2/c21-19(22,23)14-10-13(11-15(12-14)20(24,25)26)18(29)27-7-6-16-4-1-2-8-28(16)33(30,31)17-5-3-9-32-17/h3,5,9-12,16H,1-2,4,6-8H2,(H,27,29). The van der Waals surface area contributed by atoms with Crippen molar-refractivity contribution in [2.75, 3.05) is 13.1 Å². The molecule has 1 saturated heterocycles. The van der Waals surface area contributed by atoms with Crippen LogP contribution in [0.15, 0.2) is 39.9 Å². The van der Waals surface area contributed by atoms with Crippen molar-refractivity contribution in [3.05, 3.63) is 52.4 Å². The first-order valence-electron chi connectivity index (χ1n) is 9.93. The Balaban J connectivity index is 1.72. The van der Waals surface area contributed by atoms with Crippen LogP contribution in [0.2, 0.25) is 0 Å². The lowest BCUT2D eigenvalue weighted by Gasteiger charge is -2.34. The van der Waals surface area contributed by atoms with Crippen LogP contribution in [0.1, 0.15) is 47.2 Å². The first-order chi connectivity index (χ1) is 15.3. The molecule has 0 spiro atoms. The summed E-state index contributed by atoms with van der Waals surface area (Å²) in [6.45, 7) is 0.180. The van der Waals surface area contributed by atoms with E-state index in [2.05, 4.69) is 5.32 Å². The number of sulfonamides is 1. The molecule has 1 atom stereocenters. The summed E-state index contributed by atoms with van der Waals surface area (Å²) in [6.07, 6.45) is -8.00. The van der Waals surface area contributed by atoms with Crippen LogP contribution >= 0.6 is 11.3 Å². The Morgan fingerprint density at radius 3 is 2.24 bits per heavy atom. The molecule has 33 heavy (non-hydrogen) atoms. The van der Waals surface area contributed by atoms with Gasteiger partial charge in [0.1, 0.15) is 4.21 Å². The van der Waals surface area contributed by atoms with E-state index in [1.54, 1.807) is 11.4 Å². The van der Waals surface area contributed by atoms with E-state index in [0.29, 0.717) is 31.5 Å². The number of alkyl halides is 6. The molecular weight excluding hydrogens is 494 g/mol. The number of hydrogen-bond acceptors (Lipinski definition) is 4. The lowest BCUT2D eigenvalue weighted by Crippen LogP contribution is -2.45. The van der Waals surface area contributed by atoms with E-state index >= 15 is 0 Å². The minimum atomic E-state index is -5.06. The molecule has 182 valence electrons. The highest BCUT2D eigenvalue weighted by atomic mass is 32.2. The number of nitrogens with one attached hydrogen (secondary N) is 1. The van der Waals surface area contributed by atoms with Crippen molar-refractivity contribution in [1.29, 1.82) is 0 Å². The predicted octanol–water partition coefficient (Wildman–Crippen LogP) is 5.15. The highest BCUT2D eigenvalue weighted by molar-refractivity contribution is 7.91. The van der Waals surface area contributed by atoms with Crippen molar-refractivity contribution >= 4 is 27.3 Å². The number of benzene rings is 1. The molecule has 1 amide bonds. The van der Waals surface area contributed by atoms with Crippen LogP contribution in [0, 0.1) is 0 Å². The van der Waals surface area contributed by atoms with Gasteiger partial charge in [-0.15, -0.1) is 11.3 Å². The van der Waals surface area contributed by atoms with Crippen molar-refractivity contribution in [2.45, 2.75) is 48.3 Å². The summed E-state index contributed by atoms with van der Waals surface area (Å²) in [6, 6.07) is 3.32. The number of amides is 1. The molecule has 5 nitrogen and oxygen atoms in total. The van der Waals surface area contributed by atoms with Gasteiger partial charge in [0, 0.05) is 24.7 Å². The second kappa shape index (κ2) is 9.63. The monoisotopic (exact) mass is 514 g/mol. The SMILES string of the molecule is O=C(NCCC1CCCCN1S(=O)(=O)c1cccs1)c1cc(C(F)(F)F)cc(C(F)(F)F)c1. The fraction of sp³-hybridized carbons (Fsp3) is 0.450. The van der Waals surface area contributed by atoms with Gasteiger partial charge in [0.15, 0.2) is 0 Å². The van der Waals surface area contributed by atoms with Gasteiger partial charge in [0.25, 0.3) is 15.9 Å². The Kier molecular flexibility index (Phi) is 7.44. The van der Waals surface area contributed by atoms with Gasteiger partial charge in [-0.25, -0.2) is 8.42 Å². The van der Waals surface area contributed by atoms with Crippen molar-refractivity contribution in [1.82, 2.24) is 9.62 Å². The number of halogens is 6. The molecule has 1 unspecified atom stereocenters.